The first-order valence-electron chi connectivity index (χ1n) is 15.9. The van der Waals surface area contributed by atoms with E-state index in [9.17, 15) is 24.0 Å². The van der Waals surface area contributed by atoms with E-state index in [1.54, 1.807) is 65.4 Å². The number of carbonyl (C=O) groups excluding carboxylic acids is 5. The number of likely N-dealkylation sites (N-methyl/N-ethyl adjacent to an activating group) is 2. The number of ether oxygens (including phenoxy) is 3. The minimum Gasteiger partial charge on any atom is -0.459 e. The third-order valence-corrected chi connectivity index (χ3v) is 8.72. The second-order valence-corrected chi connectivity index (χ2v) is 13.5. The summed E-state index contributed by atoms with van der Waals surface area (Å²) in [5.74, 6) is -2.31. The van der Waals surface area contributed by atoms with E-state index in [0.717, 1.165) is 12.8 Å². The Hall–Kier alpha value is -2.77. The van der Waals surface area contributed by atoms with Crippen LogP contribution in [0.4, 0.5) is 0 Å². The number of nitrogens with one attached hydrogen (secondary N) is 3. The highest BCUT2D eigenvalue weighted by Crippen LogP contribution is 2.29. The lowest BCUT2D eigenvalue weighted by Gasteiger charge is -2.39. The van der Waals surface area contributed by atoms with Crippen LogP contribution in [0, 0.1) is 11.8 Å². The van der Waals surface area contributed by atoms with Gasteiger partial charge in [-0.2, -0.15) is 0 Å². The van der Waals surface area contributed by atoms with Crippen molar-refractivity contribution in [2.75, 3.05) is 47.9 Å². The number of carbonyl (C=O) groups is 5. The van der Waals surface area contributed by atoms with Gasteiger partial charge in [0.05, 0.1) is 48.7 Å². The Bertz CT molecular complexity index is 1010. The highest BCUT2D eigenvalue weighted by atomic mass is 16.6. The molecule has 260 valence electrons. The molecule has 0 aliphatic carbocycles. The van der Waals surface area contributed by atoms with Crippen molar-refractivity contribution in [3.05, 3.63) is 0 Å². The lowest BCUT2D eigenvalue weighted by Crippen LogP contribution is -2.56. The largest absolute Gasteiger partial charge is 0.459 e. The predicted octanol–water partition coefficient (Wildman–Crippen LogP) is 1.48. The first kappa shape index (κ1) is 40.3. The second kappa shape index (κ2) is 17.8. The van der Waals surface area contributed by atoms with E-state index in [1.165, 1.54) is 14.2 Å². The average Bonchev–Trinajstić information content (AvgIpc) is 3.46. The Morgan fingerprint density at radius 1 is 0.978 bits per heavy atom. The van der Waals surface area contributed by atoms with Crippen molar-refractivity contribution in [1.82, 2.24) is 25.8 Å². The molecule has 13 heteroatoms. The van der Waals surface area contributed by atoms with Gasteiger partial charge in [-0.1, -0.05) is 27.2 Å². The van der Waals surface area contributed by atoms with Crippen molar-refractivity contribution >= 4 is 29.6 Å². The van der Waals surface area contributed by atoms with E-state index in [-0.39, 0.29) is 55.1 Å². The second-order valence-electron chi connectivity index (χ2n) is 13.5. The number of nitrogens with zero attached hydrogens (tertiary/aromatic N) is 2. The maximum atomic E-state index is 13.8. The Morgan fingerprint density at radius 2 is 1.60 bits per heavy atom. The van der Waals surface area contributed by atoms with Crippen LogP contribution in [0.2, 0.25) is 0 Å². The lowest BCUT2D eigenvalue weighted by atomic mass is 9.90. The van der Waals surface area contributed by atoms with Gasteiger partial charge in [-0.05, 0) is 60.4 Å². The number of likely N-dealkylation sites (tertiary alicyclic amines) is 1. The molecular formula is C32H59N5O8. The molecule has 0 radical (unpaired) electrons. The number of hydrogen-bond acceptors (Lipinski definition) is 9. The Labute approximate surface area is 269 Å². The van der Waals surface area contributed by atoms with Crippen LogP contribution in [0.1, 0.15) is 81.1 Å². The molecule has 1 rings (SSSR count). The van der Waals surface area contributed by atoms with E-state index in [1.807, 2.05) is 13.8 Å². The molecule has 1 heterocycles. The summed E-state index contributed by atoms with van der Waals surface area (Å²) in [6, 6.07) is -0.781. The summed E-state index contributed by atoms with van der Waals surface area (Å²) in [6.45, 7) is 14.5. The fourth-order valence-corrected chi connectivity index (χ4v) is 5.64. The molecule has 6 atom stereocenters. The molecule has 6 unspecified atom stereocenters. The fraction of sp³-hybridized carbons (Fsp3) is 0.844. The highest BCUT2D eigenvalue weighted by Gasteiger charge is 2.42. The standard InChI is InChI=1S/C32H59N5O8/c1-13-20(2)27(36(10)25(39)18-35-30(42)32(7,8)33-9)23(43-11)17-24(38)37-16-14-15-22(37)28(44-12)21(3)29(41)34-19-26(40)45-31(4,5)6/h20-23,27-28,33H,13-19H2,1-12H3,(H,34,41)(H,35,42). The van der Waals surface area contributed by atoms with Gasteiger partial charge in [-0.3, -0.25) is 24.0 Å². The Morgan fingerprint density at radius 3 is 2.11 bits per heavy atom. The van der Waals surface area contributed by atoms with Gasteiger partial charge in [0.15, 0.2) is 0 Å². The molecule has 4 amide bonds. The van der Waals surface area contributed by atoms with Crippen molar-refractivity contribution in [2.45, 2.75) is 117 Å². The van der Waals surface area contributed by atoms with E-state index in [0.29, 0.717) is 13.0 Å². The molecule has 1 aliphatic rings. The molecule has 45 heavy (non-hydrogen) atoms. The smallest absolute Gasteiger partial charge is 0.325 e. The zero-order valence-corrected chi connectivity index (χ0v) is 29.6. The van der Waals surface area contributed by atoms with Crippen LogP contribution in [-0.4, -0.2) is 123 Å². The molecular weight excluding hydrogens is 582 g/mol. The van der Waals surface area contributed by atoms with Crippen LogP contribution in [0.15, 0.2) is 0 Å². The molecule has 0 spiro atoms. The maximum Gasteiger partial charge on any atom is 0.325 e. The number of rotatable bonds is 17. The van der Waals surface area contributed by atoms with Gasteiger partial charge in [-0.25, -0.2) is 0 Å². The summed E-state index contributed by atoms with van der Waals surface area (Å²) in [5.41, 5.74) is -1.50. The van der Waals surface area contributed by atoms with Gasteiger partial charge < -0.3 is 40.0 Å². The van der Waals surface area contributed by atoms with E-state index >= 15 is 0 Å². The minimum atomic E-state index is -0.834. The molecule has 0 saturated carbocycles. The summed E-state index contributed by atoms with van der Waals surface area (Å²) >= 11 is 0. The van der Waals surface area contributed by atoms with E-state index < -0.39 is 41.3 Å². The molecule has 13 nitrogen and oxygen atoms in total. The van der Waals surface area contributed by atoms with Gasteiger partial charge in [-0.15, -0.1) is 0 Å². The summed E-state index contributed by atoms with van der Waals surface area (Å²) < 4.78 is 16.9. The van der Waals surface area contributed by atoms with Crippen LogP contribution in [0.25, 0.3) is 0 Å². The normalized spacial score (nSPS) is 18.8. The van der Waals surface area contributed by atoms with Crippen molar-refractivity contribution in [3.8, 4) is 0 Å². The Kier molecular flexibility index (Phi) is 15.9. The van der Waals surface area contributed by atoms with Gasteiger partial charge in [0.25, 0.3) is 0 Å². The summed E-state index contributed by atoms with van der Waals surface area (Å²) in [6.07, 6.45) is 0.953. The predicted molar refractivity (Wildman–Crippen MR) is 171 cm³/mol. The van der Waals surface area contributed by atoms with Gasteiger partial charge in [0.2, 0.25) is 23.6 Å². The van der Waals surface area contributed by atoms with Crippen molar-refractivity contribution in [3.63, 3.8) is 0 Å². The third-order valence-electron chi connectivity index (χ3n) is 8.72. The van der Waals surface area contributed by atoms with E-state index in [2.05, 4.69) is 16.0 Å². The number of hydrogen-bond donors (Lipinski definition) is 3. The zero-order valence-electron chi connectivity index (χ0n) is 29.6. The van der Waals surface area contributed by atoms with Gasteiger partial charge >= 0.3 is 5.97 Å². The number of esters is 1. The summed E-state index contributed by atoms with van der Waals surface area (Å²) in [5, 5.41) is 8.24. The SMILES string of the molecule is CCC(C)C(C(CC(=O)N1CCCC1C(OC)C(C)C(=O)NCC(=O)OC(C)(C)C)OC)N(C)C(=O)CNC(=O)C(C)(C)NC. The lowest BCUT2D eigenvalue weighted by molar-refractivity contribution is -0.155. The van der Waals surface area contributed by atoms with Crippen LogP contribution in [-0.2, 0) is 38.2 Å². The van der Waals surface area contributed by atoms with Crippen LogP contribution in [0.3, 0.4) is 0 Å². The summed E-state index contributed by atoms with van der Waals surface area (Å²) in [7, 11) is 6.38. The maximum absolute atomic E-state index is 13.8. The molecule has 0 aromatic carbocycles. The van der Waals surface area contributed by atoms with Crippen LogP contribution >= 0.6 is 0 Å². The first-order chi connectivity index (χ1) is 20.8. The Balaban J connectivity index is 3.03. The van der Waals surface area contributed by atoms with Gasteiger partial charge in [0, 0.05) is 27.8 Å². The average molecular weight is 642 g/mol. The molecule has 1 saturated heterocycles. The van der Waals surface area contributed by atoms with Crippen molar-refractivity contribution in [2.24, 2.45) is 11.8 Å². The molecule has 0 bridgehead atoms. The van der Waals surface area contributed by atoms with Crippen molar-refractivity contribution in [1.29, 1.82) is 0 Å². The van der Waals surface area contributed by atoms with Crippen LogP contribution < -0.4 is 16.0 Å². The monoisotopic (exact) mass is 641 g/mol. The van der Waals surface area contributed by atoms with E-state index in [4.69, 9.17) is 14.2 Å². The fourth-order valence-electron chi connectivity index (χ4n) is 5.64. The zero-order chi connectivity index (χ0) is 34.7. The first-order valence-corrected chi connectivity index (χ1v) is 15.9. The van der Waals surface area contributed by atoms with Crippen LogP contribution in [0.5, 0.6) is 0 Å². The molecule has 0 aromatic rings. The van der Waals surface area contributed by atoms with Gasteiger partial charge in [0.1, 0.15) is 12.1 Å². The molecule has 1 aliphatic heterocycles. The molecule has 0 aromatic heterocycles. The minimum absolute atomic E-state index is 0.00376. The quantitative estimate of drug-likeness (QED) is 0.200. The number of amides is 4. The topological polar surface area (TPSA) is 156 Å². The van der Waals surface area contributed by atoms with Crippen molar-refractivity contribution < 1.29 is 38.2 Å². The molecule has 1 fully saturated rings. The third kappa shape index (κ3) is 11.8. The highest BCUT2D eigenvalue weighted by molar-refractivity contribution is 5.89. The summed E-state index contributed by atoms with van der Waals surface area (Å²) in [4.78, 5) is 68.0. The number of methoxy groups -OCH3 is 2. The molecule has 3 N–H and O–H groups in total.